The van der Waals surface area contributed by atoms with Crippen LogP contribution in [0.3, 0.4) is 0 Å². The van der Waals surface area contributed by atoms with Crippen LogP contribution in [-0.4, -0.2) is 49.3 Å². The lowest BCUT2D eigenvalue weighted by molar-refractivity contribution is -0.161. The molecule has 9 nitrogen and oxygen atoms in total. The van der Waals surface area contributed by atoms with Crippen LogP contribution in [0.2, 0.25) is 0 Å². The number of hydrogen-bond acceptors (Lipinski definition) is 8. The Kier molecular flexibility index (Phi) is 56.1. The number of allylic oxidation sites excluding steroid dienone is 10. The molecular formula is C62H114NO8P. The summed E-state index contributed by atoms with van der Waals surface area (Å²) in [5.41, 5.74) is 5.38. The molecule has 72 heavy (non-hydrogen) atoms. The van der Waals surface area contributed by atoms with Crippen molar-refractivity contribution in [3.05, 3.63) is 60.8 Å². The molecule has 0 aliphatic heterocycles. The van der Waals surface area contributed by atoms with Crippen LogP contribution in [-0.2, 0) is 32.7 Å². The van der Waals surface area contributed by atoms with Crippen molar-refractivity contribution in [3.63, 3.8) is 0 Å². The Bertz CT molecular complexity index is 1360. The van der Waals surface area contributed by atoms with Gasteiger partial charge in [-0.3, -0.25) is 18.6 Å². The first kappa shape index (κ1) is 69.7. The van der Waals surface area contributed by atoms with Gasteiger partial charge < -0.3 is 20.1 Å². The first-order valence-corrected chi connectivity index (χ1v) is 31.8. The number of rotatable bonds is 57. The van der Waals surface area contributed by atoms with Gasteiger partial charge in [-0.1, -0.05) is 280 Å². The normalized spacial score (nSPS) is 13.4. The lowest BCUT2D eigenvalue weighted by Crippen LogP contribution is -2.29. The maximum absolute atomic E-state index is 12.7. The van der Waals surface area contributed by atoms with Crippen molar-refractivity contribution in [2.45, 2.75) is 296 Å². The number of hydrogen-bond donors (Lipinski definition) is 2. The second kappa shape index (κ2) is 58.0. The molecule has 0 rings (SSSR count). The fourth-order valence-electron chi connectivity index (χ4n) is 8.72. The zero-order chi connectivity index (χ0) is 52.4. The summed E-state index contributed by atoms with van der Waals surface area (Å²) in [6.07, 6.45) is 72.9. The lowest BCUT2D eigenvalue weighted by Gasteiger charge is -2.19. The summed E-state index contributed by atoms with van der Waals surface area (Å²) in [6, 6.07) is 0. The minimum Gasteiger partial charge on any atom is -0.462 e. The number of carbonyl (C=O) groups excluding carboxylic acids is 2. The third kappa shape index (κ3) is 57.0. The molecule has 0 aliphatic carbocycles. The van der Waals surface area contributed by atoms with Crippen LogP contribution in [0.5, 0.6) is 0 Å². The van der Waals surface area contributed by atoms with Crippen LogP contribution in [0.25, 0.3) is 0 Å². The second-order valence-corrected chi connectivity index (χ2v) is 21.7. The van der Waals surface area contributed by atoms with Gasteiger partial charge in [0.2, 0.25) is 0 Å². The van der Waals surface area contributed by atoms with Gasteiger partial charge in [0, 0.05) is 19.4 Å². The average molecular weight is 1030 g/mol. The molecule has 420 valence electrons. The summed E-state index contributed by atoms with van der Waals surface area (Å²) in [5, 5.41) is 0. The van der Waals surface area contributed by atoms with E-state index in [1.807, 2.05) is 0 Å². The van der Waals surface area contributed by atoms with Gasteiger partial charge in [-0.2, -0.15) is 0 Å². The number of nitrogens with two attached hydrogens (primary N) is 1. The van der Waals surface area contributed by atoms with E-state index in [-0.39, 0.29) is 38.6 Å². The van der Waals surface area contributed by atoms with Crippen molar-refractivity contribution in [2.75, 3.05) is 26.4 Å². The van der Waals surface area contributed by atoms with E-state index in [2.05, 4.69) is 74.6 Å². The van der Waals surface area contributed by atoms with Crippen LogP contribution in [0.4, 0.5) is 0 Å². The highest BCUT2D eigenvalue weighted by Gasteiger charge is 2.26. The number of phosphoric acid groups is 1. The zero-order valence-corrected chi connectivity index (χ0v) is 47.8. The molecule has 0 aromatic rings. The molecule has 10 heteroatoms. The zero-order valence-electron chi connectivity index (χ0n) is 46.9. The van der Waals surface area contributed by atoms with Gasteiger partial charge in [0.15, 0.2) is 6.10 Å². The van der Waals surface area contributed by atoms with Crippen molar-refractivity contribution >= 4 is 19.8 Å². The number of phosphoric ester groups is 1. The highest BCUT2D eigenvalue weighted by atomic mass is 31.2. The third-order valence-electron chi connectivity index (χ3n) is 13.2. The molecule has 0 saturated carbocycles. The van der Waals surface area contributed by atoms with Crippen LogP contribution < -0.4 is 5.73 Å². The maximum Gasteiger partial charge on any atom is 0.472 e. The van der Waals surface area contributed by atoms with E-state index in [1.54, 1.807) is 0 Å². The van der Waals surface area contributed by atoms with E-state index < -0.39 is 26.5 Å². The quantitative estimate of drug-likeness (QED) is 0.0264. The summed E-state index contributed by atoms with van der Waals surface area (Å²) < 4.78 is 33.1. The largest absolute Gasteiger partial charge is 0.472 e. The minimum absolute atomic E-state index is 0.0503. The molecule has 0 spiro atoms. The van der Waals surface area contributed by atoms with E-state index >= 15 is 0 Å². The first-order valence-electron chi connectivity index (χ1n) is 30.3. The molecule has 0 aromatic heterocycles. The first-order chi connectivity index (χ1) is 35.3. The van der Waals surface area contributed by atoms with E-state index in [1.165, 1.54) is 180 Å². The lowest BCUT2D eigenvalue weighted by atomic mass is 10.0. The molecule has 0 bridgehead atoms. The van der Waals surface area contributed by atoms with Crippen LogP contribution in [0, 0.1) is 0 Å². The van der Waals surface area contributed by atoms with Gasteiger partial charge in [0.1, 0.15) is 6.61 Å². The molecule has 0 aromatic carbocycles. The molecule has 2 unspecified atom stereocenters. The van der Waals surface area contributed by atoms with Crippen molar-refractivity contribution in [3.8, 4) is 0 Å². The fourth-order valence-corrected chi connectivity index (χ4v) is 9.49. The minimum atomic E-state index is -4.39. The molecule has 0 heterocycles. The Morgan fingerprint density at radius 2 is 0.764 bits per heavy atom. The fraction of sp³-hybridized carbons (Fsp3) is 0.806. The Morgan fingerprint density at radius 3 is 1.14 bits per heavy atom. The van der Waals surface area contributed by atoms with Crippen LogP contribution in [0.15, 0.2) is 60.8 Å². The van der Waals surface area contributed by atoms with Gasteiger partial charge in [0.25, 0.3) is 0 Å². The molecule has 3 N–H and O–H groups in total. The summed E-state index contributed by atoms with van der Waals surface area (Å²) in [4.78, 5) is 35.2. The Labute approximate surface area is 444 Å². The summed E-state index contributed by atoms with van der Waals surface area (Å²) >= 11 is 0. The van der Waals surface area contributed by atoms with Crippen molar-refractivity contribution in [2.24, 2.45) is 5.73 Å². The summed E-state index contributed by atoms with van der Waals surface area (Å²) in [6.45, 7) is 3.66. The summed E-state index contributed by atoms with van der Waals surface area (Å²) in [7, 11) is -4.39. The second-order valence-electron chi connectivity index (χ2n) is 20.2. The predicted molar refractivity (Wildman–Crippen MR) is 307 cm³/mol. The highest BCUT2D eigenvalue weighted by Crippen LogP contribution is 2.43. The van der Waals surface area contributed by atoms with Crippen molar-refractivity contribution < 1.29 is 37.6 Å². The van der Waals surface area contributed by atoms with Gasteiger partial charge in [-0.25, -0.2) is 4.57 Å². The van der Waals surface area contributed by atoms with Gasteiger partial charge in [0.05, 0.1) is 13.2 Å². The SMILES string of the molecule is CC/C=C\C/C=C\C/C=C\C/C=C\C/C=C\CCCCCCCCCC(=O)OC(COC(=O)CCCCCCCCCCCCCCCCCCCCCCCCCCCCCC)COP(=O)(O)OCCN. The molecule has 0 saturated heterocycles. The molecule has 0 fully saturated rings. The molecule has 0 amide bonds. The summed E-state index contributed by atoms with van der Waals surface area (Å²) in [5.74, 6) is -0.830. The van der Waals surface area contributed by atoms with E-state index in [0.717, 1.165) is 77.0 Å². The molecule has 2 atom stereocenters. The maximum atomic E-state index is 12.7. The van der Waals surface area contributed by atoms with Gasteiger partial charge in [-0.15, -0.1) is 0 Å². The van der Waals surface area contributed by atoms with E-state index in [9.17, 15) is 19.0 Å². The number of esters is 2. The molecule has 0 radical (unpaired) electrons. The van der Waals surface area contributed by atoms with Crippen LogP contribution >= 0.6 is 7.82 Å². The Morgan fingerprint density at radius 1 is 0.431 bits per heavy atom. The van der Waals surface area contributed by atoms with Crippen molar-refractivity contribution in [1.29, 1.82) is 0 Å². The monoisotopic (exact) mass is 1030 g/mol. The number of unbranched alkanes of at least 4 members (excludes halogenated alkanes) is 34. The highest BCUT2D eigenvalue weighted by molar-refractivity contribution is 7.47. The van der Waals surface area contributed by atoms with Crippen LogP contribution in [0.1, 0.15) is 290 Å². The number of ether oxygens (including phenoxy) is 2. The predicted octanol–water partition coefficient (Wildman–Crippen LogP) is 19.1. The smallest absolute Gasteiger partial charge is 0.462 e. The van der Waals surface area contributed by atoms with E-state index in [4.69, 9.17) is 24.3 Å². The third-order valence-corrected chi connectivity index (χ3v) is 14.2. The topological polar surface area (TPSA) is 134 Å². The Balaban J connectivity index is 3.94. The van der Waals surface area contributed by atoms with Gasteiger partial charge in [-0.05, 0) is 57.8 Å². The van der Waals surface area contributed by atoms with E-state index in [0.29, 0.717) is 6.42 Å². The van der Waals surface area contributed by atoms with Crippen molar-refractivity contribution in [1.82, 2.24) is 0 Å². The number of carbonyl (C=O) groups is 2. The standard InChI is InChI=1S/C62H114NO8P/c1-3-5-7-9-11-13-15-17-19-21-23-25-27-28-29-30-31-33-34-36-38-40-42-44-46-48-50-52-54-61(64)68-58-60(59-70-72(66,67)69-57-56-63)71-62(65)55-53-51-49-47-45-43-41-39-37-35-32-26-24-22-20-18-16-14-12-10-8-6-4-2/h6,8,12,14,18,20,24,26,35,37,60H,3-5,7,9-11,13,15-17,19,21-23,25,27-34,36,38-59,63H2,1-2H3,(H,66,67)/b8-6-,14-12-,20-18-,26-24-,37-35-. The molecular weight excluding hydrogens is 918 g/mol. The average Bonchev–Trinajstić information content (AvgIpc) is 3.37. The van der Waals surface area contributed by atoms with Gasteiger partial charge >= 0.3 is 19.8 Å². The Hall–Kier alpha value is -2.29. The molecule has 0 aliphatic rings.